The van der Waals surface area contributed by atoms with Gasteiger partial charge in [0.05, 0.1) is 55.9 Å². The third kappa shape index (κ3) is 8.67. The lowest BCUT2D eigenvalue weighted by Gasteiger charge is -2.33. The van der Waals surface area contributed by atoms with E-state index in [1.165, 1.54) is 16.9 Å². The Labute approximate surface area is 251 Å². The fraction of sp³-hybridized carbons (Fsp3) is 0.630. The van der Waals surface area contributed by atoms with E-state index in [9.17, 15) is 40.3 Å². The summed E-state index contributed by atoms with van der Waals surface area (Å²) in [4.78, 5) is 30.2. The van der Waals surface area contributed by atoms with Gasteiger partial charge in [-0.3, -0.25) is 9.59 Å². The molecule has 2 atom stereocenters. The van der Waals surface area contributed by atoms with E-state index in [0.717, 1.165) is 23.7 Å². The summed E-state index contributed by atoms with van der Waals surface area (Å²) in [6.07, 6.45) is -1.31. The molecule has 0 aliphatic heterocycles. The van der Waals surface area contributed by atoms with Crippen molar-refractivity contribution in [3.05, 3.63) is 41.6 Å². The molecular weight excluding hydrogens is 617 g/mol. The number of aromatic nitrogens is 6. The van der Waals surface area contributed by atoms with Crippen LogP contribution in [0.3, 0.4) is 0 Å². The highest BCUT2D eigenvalue weighted by Gasteiger charge is 2.40. The molecule has 3 aromatic heterocycles. The summed E-state index contributed by atoms with van der Waals surface area (Å²) in [6.45, 7) is -3.63. The van der Waals surface area contributed by atoms with Gasteiger partial charge in [0.1, 0.15) is 5.69 Å². The number of imidazole rings is 1. The molecule has 2 saturated carbocycles. The number of ether oxygens (including phenoxy) is 1. The minimum atomic E-state index is -4.46. The van der Waals surface area contributed by atoms with Crippen LogP contribution in [-0.2, 0) is 16.1 Å². The van der Waals surface area contributed by atoms with Crippen molar-refractivity contribution in [1.82, 2.24) is 40.2 Å². The van der Waals surface area contributed by atoms with Crippen LogP contribution in [0.15, 0.2) is 24.7 Å². The van der Waals surface area contributed by atoms with Crippen molar-refractivity contribution in [1.29, 1.82) is 0 Å². The summed E-state index contributed by atoms with van der Waals surface area (Å²) < 4.78 is 97.4. The Morgan fingerprint density at radius 2 is 1.76 bits per heavy atom. The van der Waals surface area contributed by atoms with Crippen LogP contribution in [0, 0.1) is 11.8 Å². The smallest absolute Gasteiger partial charge is 0.349 e. The molecule has 45 heavy (non-hydrogen) atoms. The lowest BCUT2D eigenvalue weighted by molar-refractivity contribution is -0.144. The fourth-order valence-electron chi connectivity index (χ4n) is 5.50. The summed E-state index contributed by atoms with van der Waals surface area (Å²) >= 11 is 0. The van der Waals surface area contributed by atoms with Crippen molar-refractivity contribution >= 4 is 17.5 Å². The van der Waals surface area contributed by atoms with Crippen LogP contribution in [0.25, 0.3) is 5.65 Å². The molecule has 0 spiro atoms. The van der Waals surface area contributed by atoms with Crippen molar-refractivity contribution in [2.45, 2.75) is 88.7 Å². The molecule has 2 fully saturated rings. The first-order chi connectivity index (χ1) is 21.3. The first-order valence-electron chi connectivity index (χ1n) is 14.5. The van der Waals surface area contributed by atoms with Crippen LogP contribution in [0.4, 0.5) is 30.7 Å². The maximum absolute atomic E-state index is 14.0. The predicted molar refractivity (Wildman–Crippen MR) is 141 cm³/mol. The van der Waals surface area contributed by atoms with E-state index in [4.69, 9.17) is 0 Å². The van der Waals surface area contributed by atoms with E-state index >= 15 is 0 Å². The second kappa shape index (κ2) is 13.3. The predicted octanol–water partition coefficient (Wildman–Crippen LogP) is 4.77. The molecule has 0 radical (unpaired) electrons. The zero-order valence-corrected chi connectivity index (χ0v) is 23.8. The van der Waals surface area contributed by atoms with Crippen molar-refractivity contribution in [3.8, 4) is 0 Å². The molecule has 0 bridgehead atoms. The second-order valence-electron chi connectivity index (χ2n) is 11.4. The molecule has 0 saturated heterocycles. The number of alkyl halides is 7. The molecule has 3 aromatic rings. The highest BCUT2D eigenvalue weighted by molar-refractivity contribution is 5.92. The number of amides is 2. The Bertz CT molecular complexity index is 1480. The SMILES string of the molecule is O=C(CCC(F)(F)F)NC(c1cnn2cc([C@@H](NC(=O)c3cnnn3CCOC(F)F)C3CCC(F)(F)CC3)nc2c1)C1CC1. The van der Waals surface area contributed by atoms with Gasteiger partial charge in [-0.05, 0) is 49.1 Å². The van der Waals surface area contributed by atoms with Crippen LogP contribution >= 0.6 is 0 Å². The molecule has 1 unspecified atom stereocenters. The highest BCUT2D eigenvalue weighted by atomic mass is 19.4. The van der Waals surface area contributed by atoms with E-state index in [0.29, 0.717) is 16.9 Å². The van der Waals surface area contributed by atoms with Crippen LogP contribution in [0.2, 0.25) is 0 Å². The van der Waals surface area contributed by atoms with Crippen LogP contribution in [0.5, 0.6) is 0 Å². The molecule has 2 aliphatic rings. The van der Waals surface area contributed by atoms with Crippen molar-refractivity contribution in [3.63, 3.8) is 0 Å². The summed E-state index contributed by atoms with van der Waals surface area (Å²) in [5.74, 6) is -4.66. The Morgan fingerprint density at radius 3 is 2.42 bits per heavy atom. The molecule has 5 rings (SSSR count). The Balaban J connectivity index is 1.37. The maximum atomic E-state index is 14.0. The monoisotopic (exact) mass is 648 g/mol. The number of carbonyl (C=O) groups excluding carboxylic acids is 2. The standard InChI is InChI=1S/C27H31F7N8O3/c28-25(29)45-10-9-41-19(13-35-40-41)24(44)39-23(16-3-6-26(30,31)7-4-16)18-14-42-20(37-18)11-17(12-36-42)22(15-1-2-15)38-21(43)5-8-27(32,33)34/h11-16,22-23,25H,1-10H2,(H,38,43)(H,39,44)/t22?,23-/m0/s1. The normalized spacial score (nSPS) is 18.7. The quantitative estimate of drug-likeness (QED) is 0.256. The van der Waals surface area contributed by atoms with Crippen LogP contribution in [0.1, 0.15) is 85.2 Å². The van der Waals surface area contributed by atoms with E-state index < -0.39 is 68.0 Å². The maximum Gasteiger partial charge on any atom is 0.389 e. The number of hydrogen-bond donors (Lipinski definition) is 2. The van der Waals surface area contributed by atoms with Gasteiger partial charge in [-0.15, -0.1) is 5.10 Å². The molecule has 2 amide bonds. The molecule has 246 valence electrons. The molecule has 11 nitrogen and oxygen atoms in total. The number of rotatable bonds is 13. The van der Waals surface area contributed by atoms with E-state index in [1.807, 2.05) is 0 Å². The lowest BCUT2D eigenvalue weighted by Crippen LogP contribution is -2.38. The van der Waals surface area contributed by atoms with Gasteiger partial charge in [0.15, 0.2) is 5.65 Å². The van der Waals surface area contributed by atoms with Gasteiger partial charge < -0.3 is 15.4 Å². The van der Waals surface area contributed by atoms with Gasteiger partial charge in [0, 0.05) is 19.3 Å². The fourth-order valence-corrected chi connectivity index (χ4v) is 5.50. The molecule has 2 aliphatic carbocycles. The first-order valence-corrected chi connectivity index (χ1v) is 14.5. The summed E-state index contributed by atoms with van der Waals surface area (Å²) in [5.41, 5.74) is 1.12. The van der Waals surface area contributed by atoms with Crippen LogP contribution < -0.4 is 10.6 Å². The Hall–Kier alpha value is -3.83. The number of nitrogens with zero attached hydrogens (tertiary/aromatic N) is 6. The minimum absolute atomic E-state index is 0.0269. The molecule has 18 heteroatoms. The number of hydrogen-bond acceptors (Lipinski definition) is 7. The second-order valence-corrected chi connectivity index (χ2v) is 11.4. The lowest BCUT2D eigenvalue weighted by atomic mass is 9.81. The van der Waals surface area contributed by atoms with Gasteiger partial charge in [-0.2, -0.15) is 27.1 Å². The summed E-state index contributed by atoms with van der Waals surface area (Å²) in [7, 11) is 0. The Kier molecular flexibility index (Phi) is 9.60. The van der Waals surface area contributed by atoms with Crippen molar-refractivity contribution in [2.24, 2.45) is 11.8 Å². The van der Waals surface area contributed by atoms with Gasteiger partial charge in [-0.25, -0.2) is 23.0 Å². The number of fused-ring (bicyclic) bond motifs is 1. The van der Waals surface area contributed by atoms with Gasteiger partial charge >= 0.3 is 12.8 Å². The van der Waals surface area contributed by atoms with E-state index in [2.05, 4.69) is 35.8 Å². The van der Waals surface area contributed by atoms with Gasteiger partial charge in [-0.1, -0.05) is 5.21 Å². The third-order valence-corrected chi connectivity index (χ3v) is 8.00. The number of nitrogens with one attached hydrogen (secondary N) is 2. The van der Waals surface area contributed by atoms with Crippen molar-refractivity contribution in [2.75, 3.05) is 6.61 Å². The molecular formula is C27H31F7N8O3. The minimum Gasteiger partial charge on any atom is -0.349 e. The third-order valence-electron chi connectivity index (χ3n) is 8.00. The molecule has 0 aromatic carbocycles. The van der Waals surface area contributed by atoms with Gasteiger partial charge in [0.25, 0.3) is 5.91 Å². The van der Waals surface area contributed by atoms with Crippen LogP contribution in [-0.4, -0.2) is 66.7 Å². The molecule has 2 N–H and O–H groups in total. The summed E-state index contributed by atoms with van der Waals surface area (Å²) in [5, 5.41) is 17.3. The Morgan fingerprint density at radius 1 is 1.04 bits per heavy atom. The van der Waals surface area contributed by atoms with Crippen molar-refractivity contribution < 1.29 is 45.1 Å². The first kappa shape index (κ1) is 32.6. The largest absolute Gasteiger partial charge is 0.389 e. The number of carbonyl (C=O) groups is 2. The zero-order valence-electron chi connectivity index (χ0n) is 23.8. The van der Waals surface area contributed by atoms with E-state index in [-0.39, 0.29) is 43.8 Å². The summed E-state index contributed by atoms with van der Waals surface area (Å²) in [6, 6.07) is 0.224. The zero-order chi connectivity index (χ0) is 32.4. The molecule has 3 heterocycles. The van der Waals surface area contributed by atoms with E-state index in [1.54, 1.807) is 6.07 Å². The highest BCUT2D eigenvalue weighted by Crippen LogP contribution is 2.43. The number of halogens is 7. The van der Waals surface area contributed by atoms with Gasteiger partial charge in [0.2, 0.25) is 11.8 Å². The average Bonchev–Trinajstić information content (AvgIpc) is 3.54. The topological polar surface area (TPSA) is 128 Å². The average molecular weight is 649 g/mol.